The summed E-state index contributed by atoms with van der Waals surface area (Å²) in [6.07, 6.45) is 4.94. The molecule has 0 radical (unpaired) electrons. The number of esters is 1. The zero-order chi connectivity index (χ0) is 23.2. The van der Waals surface area contributed by atoms with Gasteiger partial charge in [-0.25, -0.2) is 14.8 Å². The summed E-state index contributed by atoms with van der Waals surface area (Å²) >= 11 is 0. The number of anilines is 1. The number of hydrogen-bond acceptors (Lipinski definition) is 9. The first-order valence-electron chi connectivity index (χ1n) is 11.3. The Balaban J connectivity index is 1.28. The Labute approximate surface area is 193 Å². The fourth-order valence-corrected chi connectivity index (χ4v) is 3.91. The van der Waals surface area contributed by atoms with E-state index in [2.05, 4.69) is 56.2 Å². The molecular weight excluding hydrogens is 420 g/mol. The molecule has 1 saturated heterocycles. The van der Waals surface area contributed by atoms with Gasteiger partial charge < -0.3 is 14.2 Å². The van der Waals surface area contributed by atoms with E-state index in [-0.39, 0.29) is 0 Å². The highest BCUT2D eigenvalue weighted by molar-refractivity contribution is 5.88. The molecule has 9 nitrogen and oxygen atoms in total. The SMILES string of the molecule is CCOC(=O)c1cnc(N(C)Cc2nc(C3CCN(Cc4ccc(C)cc4)CC3)no2)nc1. The van der Waals surface area contributed by atoms with Crippen LogP contribution in [0.5, 0.6) is 0 Å². The molecule has 3 heterocycles. The van der Waals surface area contributed by atoms with Crippen molar-refractivity contribution in [3.8, 4) is 0 Å². The maximum absolute atomic E-state index is 11.7. The Morgan fingerprint density at radius 1 is 1.18 bits per heavy atom. The third kappa shape index (κ3) is 5.92. The van der Waals surface area contributed by atoms with Gasteiger partial charge in [0.2, 0.25) is 11.8 Å². The van der Waals surface area contributed by atoms with E-state index in [9.17, 15) is 4.79 Å². The number of likely N-dealkylation sites (tertiary alicyclic amines) is 1. The van der Waals surface area contributed by atoms with Gasteiger partial charge in [0.15, 0.2) is 5.82 Å². The van der Waals surface area contributed by atoms with Crippen molar-refractivity contribution in [2.75, 3.05) is 31.6 Å². The molecule has 9 heteroatoms. The van der Waals surface area contributed by atoms with Crippen molar-refractivity contribution < 1.29 is 14.1 Å². The zero-order valence-electron chi connectivity index (χ0n) is 19.4. The lowest BCUT2D eigenvalue weighted by Gasteiger charge is -2.30. The van der Waals surface area contributed by atoms with Crippen molar-refractivity contribution in [3.05, 3.63) is 65.1 Å². The van der Waals surface area contributed by atoms with Crippen LogP contribution in [0.15, 0.2) is 41.2 Å². The second kappa shape index (κ2) is 10.5. The van der Waals surface area contributed by atoms with Crippen molar-refractivity contribution >= 4 is 11.9 Å². The number of benzene rings is 1. The first-order valence-corrected chi connectivity index (χ1v) is 11.3. The third-order valence-electron chi connectivity index (χ3n) is 5.83. The molecule has 1 aliphatic heterocycles. The van der Waals surface area contributed by atoms with E-state index in [4.69, 9.17) is 9.26 Å². The van der Waals surface area contributed by atoms with E-state index in [1.54, 1.807) is 11.8 Å². The second-order valence-corrected chi connectivity index (χ2v) is 8.43. The normalized spacial score (nSPS) is 14.9. The van der Waals surface area contributed by atoms with Crippen LogP contribution >= 0.6 is 0 Å². The Morgan fingerprint density at radius 3 is 2.55 bits per heavy atom. The van der Waals surface area contributed by atoms with Gasteiger partial charge in [-0.1, -0.05) is 35.0 Å². The maximum atomic E-state index is 11.7. The predicted molar refractivity (Wildman–Crippen MR) is 123 cm³/mol. The van der Waals surface area contributed by atoms with Crippen molar-refractivity contribution in [2.24, 2.45) is 0 Å². The smallest absolute Gasteiger partial charge is 0.341 e. The van der Waals surface area contributed by atoms with Crippen LogP contribution in [0.2, 0.25) is 0 Å². The summed E-state index contributed by atoms with van der Waals surface area (Å²) in [7, 11) is 1.84. The van der Waals surface area contributed by atoms with E-state index in [1.807, 2.05) is 7.05 Å². The summed E-state index contributed by atoms with van der Waals surface area (Å²) in [6.45, 7) is 7.58. The fraction of sp³-hybridized carbons (Fsp3) is 0.458. The molecule has 0 amide bonds. The van der Waals surface area contributed by atoms with E-state index in [0.717, 1.165) is 38.3 Å². The van der Waals surface area contributed by atoms with Gasteiger partial charge in [-0.2, -0.15) is 4.98 Å². The molecule has 0 bridgehead atoms. The standard InChI is InChI=1S/C24H30N6O3/c1-4-32-23(31)20-13-25-24(26-14-20)29(3)16-21-27-22(28-33-21)19-9-11-30(12-10-19)15-18-7-5-17(2)6-8-18/h5-8,13-14,19H,4,9-12,15-16H2,1-3H3. The van der Waals surface area contributed by atoms with Crippen LogP contribution in [0.3, 0.4) is 0 Å². The molecule has 0 unspecified atom stereocenters. The lowest BCUT2D eigenvalue weighted by molar-refractivity contribution is 0.0525. The highest BCUT2D eigenvalue weighted by atomic mass is 16.5. The average molecular weight is 451 g/mol. The van der Waals surface area contributed by atoms with Crippen LogP contribution in [-0.2, 0) is 17.8 Å². The molecule has 0 atom stereocenters. The fourth-order valence-electron chi connectivity index (χ4n) is 3.91. The second-order valence-electron chi connectivity index (χ2n) is 8.43. The topological polar surface area (TPSA) is 97.5 Å². The van der Waals surface area contributed by atoms with Crippen molar-refractivity contribution in [1.82, 2.24) is 25.0 Å². The largest absolute Gasteiger partial charge is 0.462 e. The first-order chi connectivity index (χ1) is 16.0. The number of hydrogen-bond donors (Lipinski definition) is 0. The minimum atomic E-state index is -0.432. The third-order valence-corrected chi connectivity index (χ3v) is 5.83. The van der Waals surface area contributed by atoms with Gasteiger partial charge in [-0.15, -0.1) is 0 Å². The van der Waals surface area contributed by atoms with Gasteiger partial charge in [0.1, 0.15) is 0 Å². The number of aryl methyl sites for hydroxylation is 1. The lowest BCUT2D eigenvalue weighted by Crippen LogP contribution is -2.32. The van der Waals surface area contributed by atoms with E-state index in [0.29, 0.717) is 36.5 Å². The highest BCUT2D eigenvalue weighted by Crippen LogP contribution is 2.27. The number of carbonyl (C=O) groups excluding carboxylic acids is 1. The van der Waals surface area contributed by atoms with Gasteiger partial charge in [-0.05, 0) is 45.3 Å². The number of ether oxygens (including phenoxy) is 1. The summed E-state index contributed by atoms with van der Waals surface area (Å²) in [5.74, 6) is 1.63. The summed E-state index contributed by atoms with van der Waals surface area (Å²) in [5, 5.41) is 4.23. The van der Waals surface area contributed by atoms with E-state index < -0.39 is 5.97 Å². The van der Waals surface area contributed by atoms with Gasteiger partial charge >= 0.3 is 5.97 Å². The highest BCUT2D eigenvalue weighted by Gasteiger charge is 2.25. The number of piperidine rings is 1. The molecule has 0 N–H and O–H groups in total. The summed E-state index contributed by atoms with van der Waals surface area (Å²) in [6, 6.07) is 8.74. The molecule has 0 saturated carbocycles. The van der Waals surface area contributed by atoms with Gasteiger partial charge in [0.25, 0.3) is 0 Å². The Hall–Kier alpha value is -3.33. The van der Waals surface area contributed by atoms with E-state index in [1.165, 1.54) is 23.5 Å². The monoisotopic (exact) mass is 450 g/mol. The molecule has 174 valence electrons. The molecule has 1 fully saturated rings. The molecule has 0 spiro atoms. The van der Waals surface area contributed by atoms with Crippen LogP contribution in [0, 0.1) is 6.92 Å². The predicted octanol–water partition coefficient (Wildman–Crippen LogP) is 3.36. The Morgan fingerprint density at radius 2 is 1.88 bits per heavy atom. The lowest BCUT2D eigenvalue weighted by atomic mass is 9.96. The number of rotatable bonds is 8. The number of nitrogens with zero attached hydrogens (tertiary/aromatic N) is 6. The van der Waals surface area contributed by atoms with Crippen molar-refractivity contribution in [2.45, 2.75) is 45.7 Å². The maximum Gasteiger partial charge on any atom is 0.341 e. The average Bonchev–Trinajstić information content (AvgIpc) is 3.30. The van der Waals surface area contributed by atoms with Crippen LogP contribution in [-0.4, -0.2) is 57.7 Å². The number of aromatic nitrogens is 4. The molecule has 1 aromatic carbocycles. The molecule has 0 aliphatic carbocycles. The van der Waals surface area contributed by atoms with Crippen LogP contribution in [0.1, 0.15) is 58.9 Å². The number of carbonyl (C=O) groups is 1. The molecular formula is C24H30N6O3. The molecule has 1 aliphatic rings. The van der Waals surface area contributed by atoms with E-state index >= 15 is 0 Å². The molecule has 4 rings (SSSR count). The van der Waals surface area contributed by atoms with Crippen LogP contribution in [0.4, 0.5) is 5.95 Å². The summed E-state index contributed by atoms with van der Waals surface area (Å²) < 4.78 is 10.4. The minimum Gasteiger partial charge on any atom is -0.462 e. The first kappa shape index (κ1) is 22.8. The molecule has 33 heavy (non-hydrogen) atoms. The zero-order valence-corrected chi connectivity index (χ0v) is 19.4. The summed E-state index contributed by atoms with van der Waals surface area (Å²) in [5.41, 5.74) is 2.96. The van der Waals surface area contributed by atoms with Crippen molar-refractivity contribution in [1.29, 1.82) is 0 Å². The van der Waals surface area contributed by atoms with Crippen molar-refractivity contribution in [3.63, 3.8) is 0 Å². The van der Waals surface area contributed by atoms with Gasteiger partial charge in [0, 0.05) is 31.9 Å². The van der Waals surface area contributed by atoms with Crippen LogP contribution in [0.25, 0.3) is 0 Å². The molecule has 3 aromatic rings. The van der Waals surface area contributed by atoms with Gasteiger partial charge in [-0.3, -0.25) is 4.90 Å². The van der Waals surface area contributed by atoms with Crippen LogP contribution < -0.4 is 4.90 Å². The Kier molecular flexibility index (Phi) is 7.29. The van der Waals surface area contributed by atoms with Gasteiger partial charge in [0.05, 0.1) is 18.7 Å². The minimum absolute atomic E-state index is 0.308. The Bertz CT molecular complexity index is 1040. The quantitative estimate of drug-likeness (QED) is 0.478. The summed E-state index contributed by atoms with van der Waals surface area (Å²) in [4.78, 5) is 29.1. The molecule has 2 aromatic heterocycles.